The van der Waals surface area contributed by atoms with Crippen molar-refractivity contribution in [1.82, 2.24) is 4.98 Å². The monoisotopic (exact) mass is 611 g/mol. The summed E-state index contributed by atoms with van der Waals surface area (Å²) in [5.41, 5.74) is 12.3. The average Bonchev–Trinajstić information content (AvgIpc) is 3.73. The molecule has 1 heterocycles. The van der Waals surface area contributed by atoms with E-state index in [9.17, 15) is 0 Å². The van der Waals surface area contributed by atoms with E-state index in [1.54, 1.807) is 0 Å². The van der Waals surface area contributed by atoms with Crippen LogP contribution in [0, 0.1) is 0 Å². The summed E-state index contributed by atoms with van der Waals surface area (Å²) in [5.74, 6) is 0.641. The minimum Gasteiger partial charge on any atom is -0.435 e. The summed E-state index contributed by atoms with van der Waals surface area (Å²) in [4.78, 5) is 4.89. The number of hydrogen-bond acceptors (Lipinski definition) is 2. The maximum absolute atomic E-state index is 6.53. The van der Waals surface area contributed by atoms with Crippen LogP contribution in [0.1, 0.15) is 22.3 Å². The van der Waals surface area contributed by atoms with E-state index in [1.165, 1.54) is 49.9 Å². The van der Waals surface area contributed by atoms with Gasteiger partial charge in [0.15, 0.2) is 5.58 Å². The zero-order chi connectivity index (χ0) is 31.7. The number of hydrogen-bond donors (Lipinski definition) is 0. The highest BCUT2D eigenvalue weighted by Gasteiger charge is 2.46. The van der Waals surface area contributed by atoms with Crippen molar-refractivity contribution < 1.29 is 4.42 Å². The Hall–Kier alpha value is -6.25. The Bertz CT molecular complexity index is 2610. The molecule has 224 valence electrons. The molecule has 48 heavy (non-hydrogen) atoms. The first kappa shape index (κ1) is 26.9. The van der Waals surface area contributed by atoms with Gasteiger partial charge < -0.3 is 4.42 Å². The van der Waals surface area contributed by atoms with Crippen molar-refractivity contribution in [2.75, 3.05) is 0 Å². The van der Waals surface area contributed by atoms with Crippen molar-refractivity contribution >= 4 is 32.6 Å². The van der Waals surface area contributed by atoms with Crippen molar-refractivity contribution in [2.45, 2.75) is 5.41 Å². The summed E-state index contributed by atoms with van der Waals surface area (Å²) in [6, 6.07) is 63.5. The fraction of sp³-hybridized carbons (Fsp3) is 0.0217. The lowest BCUT2D eigenvalue weighted by atomic mass is 9.67. The van der Waals surface area contributed by atoms with Crippen LogP contribution in [-0.2, 0) is 5.41 Å². The maximum Gasteiger partial charge on any atom is 0.227 e. The standard InChI is InChI=1S/C46H29NO/c1-4-12-32(13-5-1)45-47-42-27-25-31-22-20-30-21-23-33(28-39(30)43(31)44(42)48-45)34-24-26-38-37-18-10-11-19-40(37)46(41(38)29-34,35-14-6-2-7-15-35)36-16-8-3-9-17-36/h1-29H. The normalized spacial score (nSPS) is 13.2. The van der Waals surface area contributed by atoms with Gasteiger partial charge in [0.05, 0.1) is 5.41 Å². The van der Waals surface area contributed by atoms with E-state index in [-0.39, 0.29) is 0 Å². The molecule has 2 nitrogen and oxygen atoms in total. The zero-order valence-corrected chi connectivity index (χ0v) is 26.1. The smallest absolute Gasteiger partial charge is 0.227 e. The van der Waals surface area contributed by atoms with E-state index in [1.807, 2.05) is 30.3 Å². The second-order valence-electron chi connectivity index (χ2n) is 12.7. The number of fused-ring (bicyclic) bond motifs is 8. The molecular formula is C46H29NO. The Balaban J connectivity index is 1.22. The molecule has 0 atom stereocenters. The van der Waals surface area contributed by atoms with Crippen molar-refractivity contribution in [3.05, 3.63) is 198 Å². The van der Waals surface area contributed by atoms with Gasteiger partial charge in [-0.25, -0.2) is 4.98 Å². The number of rotatable bonds is 4. The van der Waals surface area contributed by atoms with Gasteiger partial charge in [0.1, 0.15) is 5.52 Å². The second-order valence-corrected chi connectivity index (χ2v) is 12.7. The predicted octanol–water partition coefficient (Wildman–Crippen LogP) is 11.8. The highest BCUT2D eigenvalue weighted by molar-refractivity contribution is 6.18. The quantitative estimate of drug-likeness (QED) is 0.185. The summed E-state index contributed by atoms with van der Waals surface area (Å²) < 4.78 is 6.53. The fourth-order valence-corrected chi connectivity index (χ4v) is 8.03. The lowest BCUT2D eigenvalue weighted by Crippen LogP contribution is -2.28. The molecule has 0 unspecified atom stereocenters. The highest BCUT2D eigenvalue weighted by atomic mass is 16.3. The molecule has 0 radical (unpaired) electrons. The van der Waals surface area contributed by atoms with Crippen molar-refractivity contribution in [2.24, 2.45) is 0 Å². The Labute approximate surface area is 278 Å². The number of benzene rings is 8. The largest absolute Gasteiger partial charge is 0.435 e. The topological polar surface area (TPSA) is 26.0 Å². The molecule has 0 spiro atoms. The lowest BCUT2D eigenvalue weighted by molar-refractivity contribution is 0.623. The average molecular weight is 612 g/mol. The molecule has 1 aliphatic rings. The van der Waals surface area contributed by atoms with Crippen molar-refractivity contribution in [3.8, 4) is 33.7 Å². The first-order valence-electron chi connectivity index (χ1n) is 16.5. The van der Waals surface area contributed by atoms with Crippen molar-refractivity contribution in [1.29, 1.82) is 0 Å². The SMILES string of the molecule is c1ccc(-c2nc3ccc4ccc5ccc(-c6ccc7c(c6)C(c6ccccc6)(c6ccccc6)c6ccccc6-7)cc5c4c3o2)cc1. The third kappa shape index (κ3) is 3.84. The summed E-state index contributed by atoms with van der Waals surface area (Å²) in [5, 5.41) is 4.57. The van der Waals surface area contributed by atoms with Gasteiger partial charge in [-0.2, -0.15) is 0 Å². The molecule has 0 N–H and O–H groups in total. The Kier molecular flexibility index (Phi) is 5.82. The summed E-state index contributed by atoms with van der Waals surface area (Å²) >= 11 is 0. The van der Waals surface area contributed by atoms with E-state index in [2.05, 4.69) is 146 Å². The number of nitrogens with zero attached hydrogens (tertiary/aromatic N) is 1. The van der Waals surface area contributed by atoms with Gasteiger partial charge in [-0.05, 0) is 91.0 Å². The van der Waals surface area contributed by atoms with Gasteiger partial charge in [-0.1, -0.05) is 146 Å². The summed E-state index contributed by atoms with van der Waals surface area (Å²) in [6.45, 7) is 0. The van der Waals surface area contributed by atoms with Gasteiger partial charge >= 0.3 is 0 Å². The Morgan fingerprint density at radius 1 is 0.438 bits per heavy atom. The predicted molar refractivity (Wildman–Crippen MR) is 197 cm³/mol. The van der Waals surface area contributed by atoms with Crippen LogP contribution >= 0.6 is 0 Å². The van der Waals surface area contributed by atoms with Gasteiger partial charge in [0.2, 0.25) is 5.89 Å². The Morgan fingerprint density at radius 3 is 1.79 bits per heavy atom. The number of oxazole rings is 1. The van der Waals surface area contributed by atoms with E-state index < -0.39 is 5.41 Å². The van der Waals surface area contributed by atoms with E-state index in [0.717, 1.165) is 32.8 Å². The lowest BCUT2D eigenvalue weighted by Gasteiger charge is -2.34. The minimum absolute atomic E-state index is 0.437. The molecule has 9 aromatic rings. The first-order valence-corrected chi connectivity index (χ1v) is 16.5. The van der Waals surface area contributed by atoms with Crippen LogP contribution in [0.4, 0.5) is 0 Å². The van der Waals surface area contributed by atoms with Crippen molar-refractivity contribution in [3.63, 3.8) is 0 Å². The van der Waals surface area contributed by atoms with Gasteiger partial charge in [-0.15, -0.1) is 0 Å². The van der Waals surface area contributed by atoms with E-state index >= 15 is 0 Å². The molecule has 0 saturated carbocycles. The highest BCUT2D eigenvalue weighted by Crippen LogP contribution is 2.56. The van der Waals surface area contributed by atoms with Crippen LogP contribution in [0.5, 0.6) is 0 Å². The molecule has 1 aliphatic carbocycles. The molecule has 0 fully saturated rings. The molecule has 10 rings (SSSR count). The van der Waals surface area contributed by atoms with Crippen LogP contribution in [0.2, 0.25) is 0 Å². The molecule has 1 aromatic heterocycles. The molecule has 0 aliphatic heterocycles. The molecule has 8 aromatic carbocycles. The van der Waals surface area contributed by atoms with Crippen LogP contribution in [0.3, 0.4) is 0 Å². The molecule has 0 saturated heterocycles. The number of aromatic nitrogens is 1. The molecular weight excluding hydrogens is 583 g/mol. The third-order valence-electron chi connectivity index (χ3n) is 10.2. The molecule has 2 heteroatoms. The minimum atomic E-state index is -0.437. The van der Waals surface area contributed by atoms with Crippen LogP contribution in [0.25, 0.3) is 66.4 Å². The Morgan fingerprint density at radius 2 is 1.02 bits per heavy atom. The zero-order valence-electron chi connectivity index (χ0n) is 26.1. The van der Waals surface area contributed by atoms with Gasteiger partial charge in [0.25, 0.3) is 0 Å². The maximum atomic E-state index is 6.53. The fourth-order valence-electron chi connectivity index (χ4n) is 8.03. The van der Waals surface area contributed by atoms with Crippen LogP contribution in [-0.4, -0.2) is 4.98 Å². The van der Waals surface area contributed by atoms with Gasteiger partial charge in [0, 0.05) is 10.9 Å². The van der Waals surface area contributed by atoms with E-state index in [4.69, 9.17) is 9.40 Å². The van der Waals surface area contributed by atoms with Crippen LogP contribution < -0.4 is 0 Å². The third-order valence-corrected chi connectivity index (χ3v) is 10.2. The first-order chi connectivity index (χ1) is 23.8. The summed E-state index contributed by atoms with van der Waals surface area (Å²) in [7, 11) is 0. The molecule has 0 bridgehead atoms. The molecule has 0 amide bonds. The summed E-state index contributed by atoms with van der Waals surface area (Å²) in [6.07, 6.45) is 0. The van der Waals surface area contributed by atoms with Gasteiger partial charge in [-0.3, -0.25) is 0 Å². The van der Waals surface area contributed by atoms with Crippen LogP contribution in [0.15, 0.2) is 180 Å². The van der Waals surface area contributed by atoms with E-state index in [0.29, 0.717) is 5.89 Å². The second kappa shape index (κ2) is 10.4.